The zero-order valence-electron chi connectivity index (χ0n) is 20.8. The average molecular weight is 455 g/mol. The van der Waals surface area contributed by atoms with Crippen LogP contribution in [0.25, 0.3) is 0 Å². The summed E-state index contributed by atoms with van der Waals surface area (Å²) in [6.45, 7) is 8.80. The van der Waals surface area contributed by atoms with Crippen molar-refractivity contribution in [3.05, 3.63) is 58.7 Å². The molecule has 0 spiro atoms. The predicted molar refractivity (Wildman–Crippen MR) is 131 cm³/mol. The zero-order valence-corrected chi connectivity index (χ0v) is 20.8. The second kappa shape index (κ2) is 7.78. The number of rotatable bonds is 6. The van der Waals surface area contributed by atoms with Crippen molar-refractivity contribution in [1.29, 1.82) is 10.5 Å². The number of nitriles is 2. The fourth-order valence-electron chi connectivity index (χ4n) is 8.79. The summed E-state index contributed by atoms with van der Waals surface area (Å²) in [6.07, 6.45) is 13.0. The molecule has 4 saturated carbocycles. The Labute approximate surface area is 203 Å². The normalized spacial score (nSPS) is 33.2. The maximum atomic E-state index is 9.44. The smallest absolute Gasteiger partial charge is 0.292 e. The highest BCUT2D eigenvalue weighted by atomic mass is 16.5. The summed E-state index contributed by atoms with van der Waals surface area (Å²) in [5.41, 5.74) is 4.93. The van der Waals surface area contributed by atoms with Crippen molar-refractivity contribution in [1.82, 2.24) is 0 Å². The second-order valence-electron chi connectivity index (χ2n) is 11.7. The van der Waals surface area contributed by atoms with E-state index < -0.39 is 0 Å². The van der Waals surface area contributed by atoms with Gasteiger partial charge in [-0.1, -0.05) is 51.0 Å². The lowest BCUT2D eigenvalue weighted by atomic mass is 9.33. The summed E-state index contributed by atoms with van der Waals surface area (Å²) in [7, 11) is 0. The molecule has 4 fully saturated rings. The van der Waals surface area contributed by atoms with Crippen LogP contribution in [0.3, 0.4) is 0 Å². The molecule has 0 N–H and O–H groups in total. The highest BCUT2D eigenvalue weighted by Gasteiger charge is 2.68. The molecule has 2 aromatic carbocycles. The van der Waals surface area contributed by atoms with E-state index in [1.165, 1.54) is 17.5 Å². The van der Waals surface area contributed by atoms with E-state index in [2.05, 4.69) is 38.1 Å². The standard InChI is InChI=1S/C30H34N2O2/c1-5-27-13-28(6-2)16-29(14-27,23-9-7-21(3)11-25(23)33-19-31)18-30(15-27,17-28)24-10-8-22(4)12-26(24)34-20-32/h7-12H,5-6,13-18H2,1-4H3. The lowest BCUT2D eigenvalue weighted by molar-refractivity contribution is -0.145. The van der Waals surface area contributed by atoms with Gasteiger partial charge in [0.05, 0.1) is 0 Å². The van der Waals surface area contributed by atoms with Crippen LogP contribution in [0.5, 0.6) is 11.5 Å². The summed E-state index contributed by atoms with van der Waals surface area (Å²) in [5.74, 6) is 1.43. The van der Waals surface area contributed by atoms with E-state index in [0.29, 0.717) is 0 Å². The maximum absolute atomic E-state index is 9.44. The molecule has 0 amide bonds. The van der Waals surface area contributed by atoms with Crippen molar-refractivity contribution in [3.63, 3.8) is 0 Å². The molecule has 0 atom stereocenters. The maximum Gasteiger partial charge on any atom is 0.292 e. The highest BCUT2D eigenvalue weighted by Crippen LogP contribution is 2.76. The number of ether oxygens (including phenoxy) is 2. The van der Waals surface area contributed by atoms with Gasteiger partial charge in [0.1, 0.15) is 11.5 Å². The van der Waals surface area contributed by atoms with Gasteiger partial charge in [-0.05, 0) is 86.5 Å². The van der Waals surface area contributed by atoms with Crippen molar-refractivity contribution in [3.8, 4) is 24.0 Å². The first-order valence-electron chi connectivity index (χ1n) is 12.6. The Morgan fingerprint density at radius 2 is 1.09 bits per heavy atom. The molecular formula is C30H34N2O2. The molecule has 0 aliphatic heterocycles. The quantitative estimate of drug-likeness (QED) is 0.427. The minimum Gasteiger partial charge on any atom is -0.388 e. The SMILES string of the molecule is CCC12CC3(CC)CC(c4ccc(C)cc4OC#N)(C1)CC(c1ccc(C)cc1OC#N)(C2)C3. The lowest BCUT2D eigenvalue weighted by Crippen LogP contribution is -2.64. The molecule has 0 unspecified atom stereocenters. The summed E-state index contributed by atoms with van der Waals surface area (Å²) in [4.78, 5) is 0. The third kappa shape index (κ3) is 3.31. The van der Waals surface area contributed by atoms with Crippen LogP contribution in [0.4, 0.5) is 0 Å². The fraction of sp³-hybridized carbons (Fsp3) is 0.533. The molecule has 34 heavy (non-hydrogen) atoms. The monoisotopic (exact) mass is 454 g/mol. The molecule has 0 radical (unpaired) electrons. The van der Waals surface area contributed by atoms with Crippen molar-refractivity contribution in [2.45, 2.75) is 89.9 Å². The molecule has 2 aromatic rings. The zero-order chi connectivity index (χ0) is 24.2. The van der Waals surface area contributed by atoms with Crippen LogP contribution in [0.15, 0.2) is 36.4 Å². The number of nitrogens with zero attached hydrogens (tertiary/aromatic N) is 2. The van der Waals surface area contributed by atoms with E-state index in [1.807, 2.05) is 38.5 Å². The second-order valence-corrected chi connectivity index (χ2v) is 11.7. The average Bonchev–Trinajstić information content (AvgIpc) is 2.79. The third-order valence-corrected chi connectivity index (χ3v) is 9.51. The van der Waals surface area contributed by atoms with Crippen LogP contribution in [-0.2, 0) is 10.8 Å². The Kier molecular flexibility index (Phi) is 5.21. The summed E-state index contributed by atoms with van der Waals surface area (Å²) in [6, 6.07) is 12.8. The van der Waals surface area contributed by atoms with Crippen LogP contribution < -0.4 is 9.47 Å². The van der Waals surface area contributed by atoms with Crippen LogP contribution in [0.2, 0.25) is 0 Å². The summed E-state index contributed by atoms with van der Waals surface area (Å²) in [5, 5.41) is 18.9. The molecule has 0 aromatic heterocycles. The molecule has 4 aliphatic rings. The van der Waals surface area contributed by atoms with E-state index in [1.54, 1.807) is 0 Å². The fourth-order valence-corrected chi connectivity index (χ4v) is 8.79. The van der Waals surface area contributed by atoms with E-state index in [4.69, 9.17) is 9.47 Å². The predicted octanol–water partition coefficient (Wildman–Crippen LogP) is 7.37. The Hall–Kier alpha value is -2.98. The van der Waals surface area contributed by atoms with Gasteiger partial charge in [0.25, 0.3) is 12.5 Å². The molecule has 4 nitrogen and oxygen atoms in total. The topological polar surface area (TPSA) is 66.0 Å². The van der Waals surface area contributed by atoms with Gasteiger partial charge >= 0.3 is 0 Å². The molecule has 6 rings (SSSR count). The first kappa shape index (κ1) is 22.8. The molecule has 0 saturated heterocycles. The van der Waals surface area contributed by atoms with Gasteiger partial charge in [-0.25, -0.2) is 0 Å². The number of hydrogen-bond donors (Lipinski definition) is 0. The number of aryl methyl sites for hydroxylation is 2. The largest absolute Gasteiger partial charge is 0.388 e. The van der Waals surface area contributed by atoms with Gasteiger partial charge in [0.2, 0.25) is 0 Å². The van der Waals surface area contributed by atoms with Crippen molar-refractivity contribution < 1.29 is 9.47 Å². The molecule has 0 heterocycles. The highest BCUT2D eigenvalue weighted by molar-refractivity contribution is 5.51. The van der Waals surface area contributed by atoms with Crippen LogP contribution in [0, 0.1) is 47.7 Å². The Balaban J connectivity index is 1.76. The van der Waals surface area contributed by atoms with Gasteiger partial charge in [-0.15, -0.1) is 10.5 Å². The lowest BCUT2D eigenvalue weighted by Gasteiger charge is -2.71. The number of benzene rings is 2. The van der Waals surface area contributed by atoms with Gasteiger partial charge in [0, 0.05) is 22.0 Å². The molecule has 176 valence electrons. The minimum atomic E-state index is -0.0601. The first-order chi connectivity index (χ1) is 16.3. The molecule has 4 bridgehead atoms. The Morgan fingerprint density at radius 1 is 0.676 bits per heavy atom. The van der Waals surface area contributed by atoms with E-state index >= 15 is 0 Å². The third-order valence-electron chi connectivity index (χ3n) is 9.51. The van der Waals surface area contributed by atoms with Crippen molar-refractivity contribution in [2.24, 2.45) is 10.8 Å². The molecular weight excluding hydrogens is 420 g/mol. The molecule has 4 heteroatoms. The van der Waals surface area contributed by atoms with Crippen LogP contribution >= 0.6 is 0 Å². The van der Waals surface area contributed by atoms with E-state index in [-0.39, 0.29) is 21.7 Å². The van der Waals surface area contributed by atoms with Crippen LogP contribution in [0.1, 0.15) is 87.5 Å². The van der Waals surface area contributed by atoms with Gasteiger partial charge < -0.3 is 9.47 Å². The van der Waals surface area contributed by atoms with Gasteiger partial charge in [-0.3, -0.25) is 0 Å². The Bertz CT molecular complexity index is 1110. The Morgan fingerprint density at radius 3 is 1.44 bits per heavy atom. The molecule has 4 aliphatic carbocycles. The first-order valence-corrected chi connectivity index (χ1v) is 12.6. The van der Waals surface area contributed by atoms with E-state index in [0.717, 1.165) is 67.6 Å². The summed E-state index contributed by atoms with van der Waals surface area (Å²) >= 11 is 0. The van der Waals surface area contributed by atoms with Gasteiger partial charge in [-0.2, -0.15) is 0 Å². The van der Waals surface area contributed by atoms with Gasteiger partial charge in [0.15, 0.2) is 0 Å². The minimum absolute atomic E-state index is 0.0601. The van der Waals surface area contributed by atoms with E-state index in [9.17, 15) is 10.5 Å². The number of hydrogen-bond acceptors (Lipinski definition) is 4. The van der Waals surface area contributed by atoms with Crippen molar-refractivity contribution >= 4 is 0 Å². The van der Waals surface area contributed by atoms with Crippen LogP contribution in [-0.4, -0.2) is 0 Å². The van der Waals surface area contributed by atoms with Crippen molar-refractivity contribution in [2.75, 3.05) is 0 Å². The summed E-state index contributed by atoms with van der Waals surface area (Å²) < 4.78 is 11.2.